The Morgan fingerprint density at radius 1 is 1.40 bits per heavy atom. The Hall–Kier alpha value is -1.59. The van der Waals surface area contributed by atoms with E-state index < -0.39 is 6.10 Å². The van der Waals surface area contributed by atoms with E-state index >= 15 is 0 Å². The topological polar surface area (TPSA) is 53.7 Å². The van der Waals surface area contributed by atoms with Crippen molar-refractivity contribution in [3.8, 4) is 0 Å². The Morgan fingerprint density at radius 3 is 2.85 bits per heavy atom. The molecule has 20 heavy (non-hydrogen) atoms. The van der Waals surface area contributed by atoms with Gasteiger partial charge >= 0.3 is 0 Å². The van der Waals surface area contributed by atoms with E-state index in [1.54, 1.807) is 29.4 Å². The molecule has 0 spiro atoms. The van der Waals surface area contributed by atoms with E-state index in [-0.39, 0.29) is 5.91 Å². The highest BCUT2D eigenvalue weighted by Crippen LogP contribution is 2.16. The Balaban J connectivity index is 2.00. The number of furan rings is 1. The lowest BCUT2D eigenvalue weighted by atomic mass is 10.2. The van der Waals surface area contributed by atoms with Gasteiger partial charge < -0.3 is 14.4 Å². The van der Waals surface area contributed by atoms with Crippen molar-refractivity contribution < 1.29 is 14.3 Å². The molecule has 0 saturated carbocycles. The van der Waals surface area contributed by atoms with E-state index in [0.29, 0.717) is 25.9 Å². The Kier molecular flexibility index (Phi) is 5.38. The van der Waals surface area contributed by atoms with Crippen molar-refractivity contribution in [2.45, 2.75) is 39.0 Å². The number of aliphatic hydroxyl groups excluding tert-OH is 1. The second-order valence-electron chi connectivity index (χ2n) is 4.80. The molecule has 0 aliphatic heterocycles. The summed E-state index contributed by atoms with van der Waals surface area (Å²) in [5, 5.41) is 11.3. The van der Waals surface area contributed by atoms with Crippen molar-refractivity contribution in [2.75, 3.05) is 0 Å². The summed E-state index contributed by atoms with van der Waals surface area (Å²) >= 11 is 1.63. The summed E-state index contributed by atoms with van der Waals surface area (Å²) in [6, 6.07) is 7.68. The highest BCUT2D eigenvalue weighted by molar-refractivity contribution is 7.09. The minimum Gasteiger partial charge on any atom is -0.467 e. The van der Waals surface area contributed by atoms with Gasteiger partial charge in [-0.25, -0.2) is 0 Å². The molecule has 1 amide bonds. The van der Waals surface area contributed by atoms with Gasteiger partial charge in [-0.3, -0.25) is 4.79 Å². The van der Waals surface area contributed by atoms with Gasteiger partial charge in [-0.1, -0.05) is 6.07 Å². The Bertz CT molecular complexity index is 469. The summed E-state index contributed by atoms with van der Waals surface area (Å²) in [5.41, 5.74) is 0. The van der Waals surface area contributed by atoms with Gasteiger partial charge in [-0.2, -0.15) is 0 Å². The van der Waals surface area contributed by atoms with Crippen LogP contribution >= 0.6 is 11.3 Å². The van der Waals surface area contributed by atoms with Crippen LogP contribution in [0.5, 0.6) is 0 Å². The molecular formula is C15H19NO3S. The summed E-state index contributed by atoms with van der Waals surface area (Å²) < 4.78 is 5.32. The number of rotatable bonds is 7. The van der Waals surface area contributed by atoms with E-state index in [4.69, 9.17) is 4.42 Å². The van der Waals surface area contributed by atoms with Crippen molar-refractivity contribution in [1.82, 2.24) is 4.90 Å². The van der Waals surface area contributed by atoms with Gasteiger partial charge in [0.25, 0.3) is 0 Å². The van der Waals surface area contributed by atoms with Gasteiger partial charge in [0.05, 0.1) is 25.5 Å². The minimum absolute atomic E-state index is 0.0377. The highest BCUT2D eigenvalue weighted by atomic mass is 32.1. The highest BCUT2D eigenvalue weighted by Gasteiger charge is 2.16. The van der Waals surface area contributed by atoms with Crippen LogP contribution in [0, 0.1) is 0 Å². The van der Waals surface area contributed by atoms with Crippen LogP contribution in [0.1, 0.15) is 30.4 Å². The number of hydrogen-bond donors (Lipinski definition) is 1. The largest absolute Gasteiger partial charge is 0.467 e. The zero-order valence-corrected chi connectivity index (χ0v) is 12.3. The molecule has 0 aliphatic carbocycles. The van der Waals surface area contributed by atoms with E-state index in [0.717, 1.165) is 10.6 Å². The number of carbonyl (C=O) groups excluding carboxylic acids is 1. The molecule has 1 atom stereocenters. The van der Waals surface area contributed by atoms with Crippen molar-refractivity contribution in [3.63, 3.8) is 0 Å². The predicted molar refractivity (Wildman–Crippen MR) is 78.2 cm³/mol. The van der Waals surface area contributed by atoms with Crippen molar-refractivity contribution in [2.24, 2.45) is 0 Å². The molecule has 1 unspecified atom stereocenters. The molecule has 2 aromatic heterocycles. The first-order valence-electron chi connectivity index (χ1n) is 6.65. The molecule has 2 heterocycles. The zero-order chi connectivity index (χ0) is 14.4. The van der Waals surface area contributed by atoms with Gasteiger partial charge in [0.15, 0.2) is 0 Å². The minimum atomic E-state index is -0.453. The van der Waals surface area contributed by atoms with E-state index in [9.17, 15) is 9.90 Å². The summed E-state index contributed by atoms with van der Waals surface area (Å²) in [5.74, 6) is 0.808. The van der Waals surface area contributed by atoms with Gasteiger partial charge in [0.2, 0.25) is 5.91 Å². The third kappa shape index (κ3) is 4.51. The first-order valence-corrected chi connectivity index (χ1v) is 7.53. The van der Waals surface area contributed by atoms with Gasteiger partial charge in [-0.05, 0) is 36.9 Å². The van der Waals surface area contributed by atoms with Gasteiger partial charge in [0, 0.05) is 11.3 Å². The molecule has 4 nitrogen and oxygen atoms in total. The second-order valence-corrected chi connectivity index (χ2v) is 5.83. The molecule has 5 heteroatoms. The van der Waals surface area contributed by atoms with Gasteiger partial charge in [-0.15, -0.1) is 11.3 Å². The summed E-state index contributed by atoms with van der Waals surface area (Å²) in [4.78, 5) is 15.2. The van der Waals surface area contributed by atoms with Crippen molar-refractivity contribution >= 4 is 17.2 Å². The standard InChI is InChI=1S/C15H19NO3S/c1-12(17)6-7-15(18)16(10-13-4-2-8-19-13)11-14-5-3-9-20-14/h2-5,8-9,12,17H,6-7,10-11H2,1H3. The summed E-state index contributed by atoms with van der Waals surface area (Å²) in [6.07, 6.45) is 1.99. The van der Waals surface area contributed by atoms with Crippen molar-refractivity contribution in [3.05, 3.63) is 46.5 Å². The molecule has 0 aromatic carbocycles. The lowest BCUT2D eigenvalue weighted by Crippen LogP contribution is -2.30. The first kappa shape index (κ1) is 14.8. The van der Waals surface area contributed by atoms with E-state index in [2.05, 4.69) is 0 Å². The van der Waals surface area contributed by atoms with Crippen LogP contribution in [-0.4, -0.2) is 22.0 Å². The fourth-order valence-corrected chi connectivity index (χ4v) is 2.62. The average molecular weight is 293 g/mol. The lowest BCUT2D eigenvalue weighted by molar-refractivity contribution is -0.133. The molecule has 2 aromatic rings. The second kappa shape index (κ2) is 7.26. The van der Waals surface area contributed by atoms with Crippen LogP contribution in [0.15, 0.2) is 40.3 Å². The predicted octanol–water partition coefficient (Wildman–Crippen LogP) is 3.03. The Morgan fingerprint density at radius 2 is 2.25 bits per heavy atom. The third-order valence-electron chi connectivity index (χ3n) is 2.98. The maximum absolute atomic E-state index is 12.3. The average Bonchev–Trinajstić information content (AvgIpc) is 3.08. The molecule has 0 fully saturated rings. The fraction of sp³-hybridized carbons (Fsp3) is 0.400. The maximum Gasteiger partial charge on any atom is 0.223 e. The van der Waals surface area contributed by atoms with Crippen LogP contribution in [0.25, 0.3) is 0 Å². The SMILES string of the molecule is CC(O)CCC(=O)N(Cc1ccco1)Cc1cccs1. The molecule has 0 aliphatic rings. The smallest absolute Gasteiger partial charge is 0.223 e. The number of aliphatic hydroxyl groups is 1. The lowest BCUT2D eigenvalue weighted by Gasteiger charge is -2.21. The van der Waals surface area contributed by atoms with Crippen LogP contribution < -0.4 is 0 Å². The Labute approximate surface area is 122 Å². The van der Waals surface area contributed by atoms with E-state index in [1.165, 1.54) is 0 Å². The molecule has 0 radical (unpaired) electrons. The number of thiophene rings is 1. The van der Waals surface area contributed by atoms with Gasteiger partial charge in [0.1, 0.15) is 5.76 Å². The molecule has 108 valence electrons. The molecular weight excluding hydrogens is 274 g/mol. The molecule has 1 N–H and O–H groups in total. The quantitative estimate of drug-likeness (QED) is 0.853. The molecule has 0 saturated heterocycles. The van der Waals surface area contributed by atoms with Crippen LogP contribution in [0.3, 0.4) is 0 Å². The first-order chi connectivity index (χ1) is 9.65. The van der Waals surface area contributed by atoms with Crippen LogP contribution in [-0.2, 0) is 17.9 Å². The summed E-state index contributed by atoms with van der Waals surface area (Å²) in [7, 11) is 0. The fourth-order valence-electron chi connectivity index (χ4n) is 1.90. The monoisotopic (exact) mass is 293 g/mol. The number of hydrogen-bond acceptors (Lipinski definition) is 4. The maximum atomic E-state index is 12.3. The molecule has 0 bridgehead atoms. The zero-order valence-electron chi connectivity index (χ0n) is 11.5. The number of amides is 1. The van der Waals surface area contributed by atoms with Crippen LogP contribution in [0.2, 0.25) is 0 Å². The third-order valence-corrected chi connectivity index (χ3v) is 3.84. The van der Waals surface area contributed by atoms with Crippen molar-refractivity contribution in [1.29, 1.82) is 0 Å². The molecule has 2 rings (SSSR count). The van der Waals surface area contributed by atoms with Crippen LogP contribution in [0.4, 0.5) is 0 Å². The number of nitrogens with zero attached hydrogens (tertiary/aromatic N) is 1. The number of carbonyl (C=O) groups is 1. The summed E-state index contributed by atoms with van der Waals surface area (Å²) in [6.45, 7) is 2.74. The normalized spacial score (nSPS) is 12.3. The van der Waals surface area contributed by atoms with E-state index in [1.807, 2.05) is 29.6 Å².